The summed E-state index contributed by atoms with van der Waals surface area (Å²) in [6, 6.07) is 5.04. The summed E-state index contributed by atoms with van der Waals surface area (Å²) >= 11 is 0. The lowest BCUT2D eigenvalue weighted by Gasteiger charge is -2.28. The molecule has 0 aliphatic carbocycles. The molecule has 0 radical (unpaired) electrons. The molecule has 0 spiro atoms. The molecule has 0 amide bonds. The number of hydrogen-bond acceptors (Lipinski definition) is 4. The molecule has 3 rings (SSSR count). The van der Waals surface area contributed by atoms with E-state index in [9.17, 15) is 13.5 Å². The Kier molecular flexibility index (Phi) is 3.27. The minimum Gasteiger partial charge on any atom is -0.393 e. The Labute approximate surface area is 117 Å². The molecule has 1 saturated heterocycles. The van der Waals surface area contributed by atoms with E-state index in [0.29, 0.717) is 25.9 Å². The van der Waals surface area contributed by atoms with E-state index in [0.717, 1.165) is 10.9 Å². The van der Waals surface area contributed by atoms with Crippen molar-refractivity contribution in [3.05, 3.63) is 24.4 Å². The van der Waals surface area contributed by atoms with E-state index in [-0.39, 0.29) is 11.0 Å². The molecular formula is C13H17N3O3S. The first-order valence-electron chi connectivity index (χ1n) is 6.58. The Hall–Kier alpha value is -1.44. The van der Waals surface area contributed by atoms with Crippen LogP contribution in [0.25, 0.3) is 10.9 Å². The van der Waals surface area contributed by atoms with Gasteiger partial charge in [-0.15, -0.1) is 0 Å². The molecule has 108 valence electrons. The molecule has 20 heavy (non-hydrogen) atoms. The summed E-state index contributed by atoms with van der Waals surface area (Å²) in [7, 11) is -1.66. The maximum atomic E-state index is 12.6. The molecule has 1 aromatic carbocycles. The van der Waals surface area contributed by atoms with Gasteiger partial charge in [-0.1, -0.05) is 0 Å². The van der Waals surface area contributed by atoms with Gasteiger partial charge in [0.05, 0.1) is 22.7 Å². The number of nitrogens with zero attached hydrogens (tertiary/aromatic N) is 3. The zero-order chi connectivity index (χ0) is 14.3. The Balaban J connectivity index is 1.96. The van der Waals surface area contributed by atoms with Gasteiger partial charge in [0, 0.05) is 25.5 Å². The first-order chi connectivity index (χ1) is 9.48. The predicted molar refractivity (Wildman–Crippen MR) is 74.7 cm³/mol. The lowest BCUT2D eigenvalue weighted by Crippen LogP contribution is -2.39. The fourth-order valence-electron chi connectivity index (χ4n) is 2.53. The van der Waals surface area contributed by atoms with Gasteiger partial charge >= 0.3 is 0 Å². The number of piperidine rings is 1. The van der Waals surface area contributed by atoms with E-state index in [2.05, 4.69) is 5.10 Å². The topological polar surface area (TPSA) is 75.4 Å². The molecule has 6 nitrogen and oxygen atoms in total. The van der Waals surface area contributed by atoms with Crippen molar-refractivity contribution in [3.8, 4) is 0 Å². The number of benzene rings is 1. The maximum absolute atomic E-state index is 12.6. The highest BCUT2D eigenvalue weighted by molar-refractivity contribution is 7.89. The van der Waals surface area contributed by atoms with Crippen LogP contribution < -0.4 is 0 Å². The van der Waals surface area contributed by atoms with Gasteiger partial charge in [-0.3, -0.25) is 4.68 Å². The summed E-state index contributed by atoms with van der Waals surface area (Å²) in [6.45, 7) is 0.739. The fourth-order valence-corrected chi connectivity index (χ4v) is 4.04. The van der Waals surface area contributed by atoms with Crippen molar-refractivity contribution in [1.82, 2.24) is 14.1 Å². The number of aliphatic hydroxyl groups excluding tert-OH is 1. The molecule has 7 heteroatoms. The molecule has 2 heterocycles. The summed E-state index contributed by atoms with van der Waals surface area (Å²) < 4.78 is 28.3. The summed E-state index contributed by atoms with van der Waals surface area (Å²) in [6.07, 6.45) is 2.26. The number of fused-ring (bicyclic) bond motifs is 1. The van der Waals surface area contributed by atoms with Crippen LogP contribution in [0.3, 0.4) is 0 Å². The number of aromatic nitrogens is 2. The normalized spacial score (nSPS) is 18.7. The van der Waals surface area contributed by atoms with Crippen molar-refractivity contribution in [2.45, 2.75) is 23.8 Å². The molecule has 1 fully saturated rings. The van der Waals surface area contributed by atoms with Gasteiger partial charge in [-0.25, -0.2) is 8.42 Å². The van der Waals surface area contributed by atoms with Gasteiger partial charge in [-0.2, -0.15) is 9.40 Å². The average molecular weight is 295 g/mol. The zero-order valence-electron chi connectivity index (χ0n) is 11.2. The van der Waals surface area contributed by atoms with Crippen molar-refractivity contribution in [2.75, 3.05) is 13.1 Å². The quantitative estimate of drug-likeness (QED) is 0.886. The minimum absolute atomic E-state index is 0.286. The smallest absolute Gasteiger partial charge is 0.243 e. The van der Waals surface area contributed by atoms with Crippen LogP contribution >= 0.6 is 0 Å². The first-order valence-corrected chi connectivity index (χ1v) is 8.02. The number of aryl methyl sites for hydroxylation is 1. The lowest BCUT2D eigenvalue weighted by atomic mass is 10.1. The average Bonchev–Trinajstić information content (AvgIpc) is 2.80. The molecule has 1 aliphatic heterocycles. The molecule has 1 aliphatic rings. The van der Waals surface area contributed by atoms with Crippen molar-refractivity contribution in [2.24, 2.45) is 7.05 Å². The van der Waals surface area contributed by atoms with E-state index in [4.69, 9.17) is 0 Å². The maximum Gasteiger partial charge on any atom is 0.243 e. The number of aliphatic hydroxyl groups is 1. The third kappa shape index (κ3) is 2.21. The number of rotatable bonds is 2. The molecule has 0 unspecified atom stereocenters. The predicted octanol–water partition coefficient (Wildman–Crippen LogP) is 0.719. The van der Waals surface area contributed by atoms with Crippen LogP contribution in [0.1, 0.15) is 12.8 Å². The third-order valence-corrected chi connectivity index (χ3v) is 5.67. The van der Waals surface area contributed by atoms with Crippen molar-refractivity contribution < 1.29 is 13.5 Å². The van der Waals surface area contributed by atoms with Crippen molar-refractivity contribution in [1.29, 1.82) is 0 Å². The molecule has 1 N–H and O–H groups in total. The second-order valence-corrected chi connectivity index (χ2v) is 7.06. The lowest BCUT2D eigenvalue weighted by molar-refractivity contribution is 0.113. The number of hydrogen-bond donors (Lipinski definition) is 1. The van der Waals surface area contributed by atoms with Crippen LogP contribution in [0.4, 0.5) is 0 Å². The highest BCUT2D eigenvalue weighted by atomic mass is 32.2. The van der Waals surface area contributed by atoms with E-state index in [1.807, 2.05) is 7.05 Å². The van der Waals surface area contributed by atoms with Crippen LogP contribution in [0.2, 0.25) is 0 Å². The van der Waals surface area contributed by atoms with Gasteiger partial charge in [0.15, 0.2) is 0 Å². The monoisotopic (exact) mass is 295 g/mol. The van der Waals surface area contributed by atoms with Gasteiger partial charge in [0.2, 0.25) is 10.0 Å². The van der Waals surface area contributed by atoms with E-state index >= 15 is 0 Å². The largest absolute Gasteiger partial charge is 0.393 e. The molecular weight excluding hydrogens is 278 g/mol. The van der Waals surface area contributed by atoms with Gasteiger partial charge in [-0.05, 0) is 31.0 Å². The molecule has 0 atom stereocenters. The first kappa shape index (κ1) is 13.5. The third-order valence-electron chi connectivity index (χ3n) is 3.78. The summed E-state index contributed by atoms with van der Waals surface area (Å²) in [5, 5.41) is 14.4. The number of sulfonamides is 1. The van der Waals surface area contributed by atoms with Crippen LogP contribution in [0.15, 0.2) is 29.3 Å². The second kappa shape index (κ2) is 4.83. The van der Waals surface area contributed by atoms with Crippen molar-refractivity contribution in [3.63, 3.8) is 0 Å². The molecule has 2 aromatic rings. The summed E-state index contributed by atoms with van der Waals surface area (Å²) in [5.41, 5.74) is 0.901. The Morgan fingerprint density at radius 1 is 1.30 bits per heavy atom. The second-order valence-electron chi connectivity index (χ2n) is 5.12. The summed E-state index contributed by atoms with van der Waals surface area (Å²) in [4.78, 5) is 0.286. The molecule has 0 saturated carbocycles. The van der Waals surface area contributed by atoms with Gasteiger partial charge in [0.25, 0.3) is 0 Å². The van der Waals surface area contributed by atoms with Crippen molar-refractivity contribution >= 4 is 20.9 Å². The van der Waals surface area contributed by atoms with E-state index < -0.39 is 10.0 Å². The van der Waals surface area contributed by atoms with Gasteiger partial charge < -0.3 is 5.11 Å². The van der Waals surface area contributed by atoms with Gasteiger partial charge in [0.1, 0.15) is 0 Å². The highest BCUT2D eigenvalue weighted by Crippen LogP contribution is 2.24. The summed E-state index contributed by atoms with van der Waals surface area (Å²) in [5.74, 6) is 0. The molecule has 1 aromatic heterocycles. The Bertz CT molecular complexity index is 730. The SMILES string of the molecule is Cn1ncc2cc(S(=O)(=O)N3CCC(O)CC3)ccc21. The standard InChI is InChI=1S/C13H17N3O3S/c1-15-13-3-2-12(8-10(13)9-14-15)20(18,19)16-6-4-11(17)5-7-16/h2-3,8-9,11,17H,4-7H2,1H3. The van der Waals surface area contributed by atoms with E-state index in [1.54, 1.807) is 29.1 Å². The van der Waals surface area contributed by atoms with E-state index in [1.165, 1.54) is 4.31 Å². The highest BCUT2D eigenvalue weighted by Gasteiger charge is 2.28. The zero-order valence-corrected chi connectivity index (χ0v) is 12.0. The minimum atomic E-state index is -3.48. The van der Waals surface area contributed by atoms with Crippen LogP contribution in [-0.2, 0) is 17.1 Å². The van der Waals surface area contributed by atoms with Crippen LogP contribution in [-0.4, -0.2) is 46.8 Å². The molecule has 0 bridgehead atoms. The Morgan fingerprint density at radius 2 is 2.00 bits per heavy atom. The van der Waals surface area contributed by atoms with Crippen LogP contribution in [0, 0.1) is 0 Å². The fraction of sp³-hybridized carbons (Fsp3) is 0.462. The van der Waals surface area contributed by atoms with Crippen LogP contribution in [0.5, 0.6) is 0 Å². The Morgan fingerprint density at radius 3 is 2.70 bits per heavy atom.